The van der Waals surface area contributed by atoms with E-state index in [1.165, 1.54) is 13.8 Å². The van der Waals surface area contributed by atoms with Crippen LogP contribution >= 0.6 is 22.5 Å². The minimum atomic E-state index is -2.63. The molecule has 0 bridgehead atoms. The van der Waals surface area contributed by atoms with Crippen molar-refractivity contribution >= 4 is 27.6 Å². The SMILES string of the molecule is CC(C)(C(=O)SS)C(F)F. The molecular formula is C5H8F2OS2. The molecule has 0 heterocycles. The van der Waals surface area contributed by atoms with Crippen molar-refractivity contribution in [3.63, 3.8) is 0 Å². The zero-order chi connectivity index (χ0) is 8.36. The average molecular weight is 186 g/mol. The van der Waals surface area contributed by atoms with Crippen LogP contribution in [-0.4, -0.2) is 11.5 Å². The number of hydrogen-bond donors (Lipinski definition) is 1. The molecule has 0 aromatic carbocycles. The Morgan fingerprint density at radius 1 is 1.60 bits per heavy atom. The minimum absolute atomic E-state index is 0.536. The summed E-state index contributed by atoms with van der Waals surface area (Å²) in [6.45, 7) is 2.40. The van der Waals surface area contributed by atoms with E-state index < -0.39 is 17.0 Å². The molecule has 60 valence electrons. The van der Waals surface area contributed by atoms with E-state index >= 15 is 0 Å². The van der Waals surface area contributed by atoms with E-state index in [9.17, 15) is 13.6 Å². The summed E-state index contributed by atoms with van der Waals surface area (Å²) in [4.78, 5) is 10.7. The van der Waals surface area contributed by atoms with Crippen molar-refractivity contribution in [1.29, 1.82) is 0 Å². The predicted molar refractivity (Wildman–Crippen MR) is 41.4 cm³/mol. The Kier molecular flexibility index (Phi) is 3.65. The molecule has 0 atom stereocenters. The second-order valence-electron chi connectivity index (χ2n) is 2.40. The van der Waals surface area contributed by atoms with E-state index in [2.05, 4.69) is 11.7 Å². The summed E-state index contributed by atoms with van der Waals surface area (Å²) in [5.74, 6) is 0. The van der Waals surface area contributed by atoms with Crippen LogP contribution in [0, 0.1) is 5.41 Å². The first-order chi connectivity index (χ1) is 4.42. The lowest BCUT2D eigenvalue weighted by Gasteiger charge is -2.19. The van der Waals surface area contributed by atoms with Gasteiger partial charge in [-0.15, -0.1) is 11.7 Å². The molecule has 0 fully saturated rings. The van der Waals surface area contributed by atoms with Crippen LogP contribution in [0.5, 0.6) is 0 Å². The number of halogens is 2. The van der Waals surface area contributed by atoms with E-state index in [4.69, 9.17) is 0 Å². The standard InChI is InChI=1S/C5H8F2OS2/c1-5(2,3(6)7)4(8)10-9/h3,9H,1-2H3. The molecule has 0 aliphatic carbocycles. The summed E-state index contributed by atoms with van der Waals surface area (Å²) in [6, 6.07) is 0. The first kappa shape index (κ1) is 10.2. The monoisotopic (exact) mass is 186 g/mol. The van der Waals surface area contributed by atoms with E-state index in [1.54, 1.807) is 0 Å². The van der Waals surface area contributed by atoms with Gasteiger partial charge in [0.1, 0.15) is 0 Å². The van der Waals surface area contributed by atoms with Crippen molar-refractivity contribution < 1.29 is 13.6 Å². The number of hydrogen-bond acceptors (Lipinski definition) is 3. The Morgan fingerprint density at radius 3 is 2.10 bits per heavy atom. The first-order valence-electron chi connectivity index (χ1n) is 2.57. The Bertz CT molecular complexity index is 136. The maximum Gasteiger partial charge on any atom is 0.251 e. The van der Waals surface area contributed by atoms with E-state index in [1.807, 2.05) is 0 Å². The van der Waals surface area contributed by atoms with Gasteiger partial charge in [0.15, 0.2) is 0 Å². The second kappa shape index (κ2) is 3.57. The quantitative estimate of drug-likeness (QED) is 0.527. The largest absolute Gasteiger partial charge is 0.285 e. The summed E-state index contributed by atoms with van der Waals surface area (Å²) in [5.41, 5.74) is -1.58. The van der Waals surface area contributed by atoms with Crippen molar-refractivity contribution in [3.05, 3.63) is 0 Å². The molecule has 10 heavy (non-hydrogen) atoms. The number of carbonyl (C=O) groups excluding carboxylic acids is 1. The normalized spacial score (nSPS) is 12.2. The van der Waals surface area contributed by atoms with Crippen LogP contribution in [-0.2, 0) is 4.79 Å². The van der Waals surface area contributed by atoms with E-state index in [0.29, 0.717) is 10.8 Å². The molecule has 0 aromatic heterocycles. The Balaban J connectivity index is 4.24. The van der Waals surface area contributed by atoms with Gasteiger partial charge in [-0.1, -0.05) is 0 Å². The van der Waals surface area contributed by atoms with Gasteiger partial charge in [-0.05, 0) is 24.6 Å². The third kappa shape index (κ3) is 2.12. The highest BCUT2D eigenvalue weighted by Gasteiger charge is 2.37. The van der Waals surface area contributed by atoms with Crippen molar-refractivity contribution in [1.82, 2.24) is 0 Å². The van der Waals surface area contributed by atoms with Crippen LogP contribution in [0.2, 0.25) is 0 Å². The number of thiol groups is 1. The Morgan fingerprint density at radius 2 is 2.00 bits per heavy atom. The highest BCUT2D eigenvalue weighted by Crippen LogP contribution is 2.31. The van der Waals surface area contributed by atoms with Gasteiger partial charge in [-0.3, -0.25) is 4.79 Å². The van der Waals surface area contributed by atoms with Gasteiger partial charge in [0.25, 0.3) is 6.43 Å². The molecule has 0 aromatic rings. The molecule has 0 saturated heterocycles. The van der Waals surface area contributed by atoms with Gasteiger partial charge in [0, 0.05) is 0 Å². The third-order valence-corrected chi connectivity index (χ3v) is 2.34. The third-order valence-electron chi connectivity index (χ3n) is 1.15. The molecule has 0 unspecified atom stereocenters. The van der Waals surface area contributed by atoms with Crippen molar-refractivity contribution in [2.24, 2.45) is 5.41 Å². The predicted octanol–water partition coefficient (Wildman–Crippen LogP) is 2.38. The number of alkyl halides is 2. The van der Waals surface area contributed by atoms with Crippen LogP contribution in [0.1, 0.15) is 13.8 Å². The maximum atomic E-state index is 12.0. The van der Waals surface area contributed by atoms with Gasteiger partial charge in [0.05, 0.1) is 5.41 Å². The van der Waals surface area contributed by atoms with E-state index in [0.717, 1.165) is 0 Å². The second-order valence-corrected chi connectivity index (χ2v) is 3.50. The summed E-state index contributed by atoms with van der Waals surface area (Å²) < 4.78 is 24.0. The lowest BCUT2D eigenvalue weighted by Crippen LogP contribution is -2.29. The summed E-state index contributed by atoms with van der Waals surface area (Å²) in [7, 11) is 0.536. The number of rotatable bonds is 2. The topological polar surface area (TPSA) is 17.1 Å². The molecule has 0 N–H and O–H groups in total. The van der Waals surface area contributed by atoms with Crippen LogP contribution in [0.4, 0.5) is 8.78 Å². The molecule has 0 rings (SSSR count). The minimum Gasteiger partial charge on any atom is -0.285 e. The maximum absolute atomic E-state index is 12.0. The fraction of sp³-hybridized carbons (Fsp3) is 0.800. The highest BCUT2D eigenvalue weighted by molar-refractivity contribution is 8.74. The summed E-state index contributed by atoms with van der Waals surface area (Å²) in [6.07, 6.45) is -2.63. The summed E-state index contributed by atoms with van der Waals surface area (Å²) >= 11 is 3.54. The average Bonchev–Trinajstić information content (AvgIpc) is 1.86. The molecule has 0 radical (unpaired) electrons. The van der Waals surface area contributed by atoms with Crippen LogP contribution in [0.15, 0.2) is 0 Å². The van der Waals surface area contributed by atoms with Crippen molar-refractivity contribution in [2.45, 2.75) is 20.3 Å². The zero-order valence-corrected chi connectivity index (χ0v) is 7.31. The molecule has 0 aliphatic rings. The highest BCUT2D eigenvalue weighted by atomic mass is 33.1. The van der Waals surface area contributed by atoms with Crippen molar-refractivity contribution in [3.8, 4) is 0 Å². The van der Waals surface area contributed by atoms with Crippen molar-refractivity contribution in [2.75, 3.05) is 0 Å². The van der Waals surface area contributed by atoms with Gasteiger partial charge >= 0.3 is 0 Å². The summed E-state index contributed by atoms with van der Waals surface area (Å²) in [5, 5.41) is -0.606. The van der Waals surface area contributed by atoms with Gasteiger partial charge in [-0.2, -0.15) is 0 Å². The van der Waals surface area contributed by atoms with E-state index in [-0.39, 0.29) is 0 Å². The fourth-order valence-corrected chi connectivity index (χ4v) is 1.24. The van der Waals surface area contributed by atoms with Gasteiger partial charge in [-0.25, -0.2) is 8.78 Å². The van der Waals surface area contributed by atoms with Crippen LogP contribution in [0.3, 0.4) is 0 Å². The number of carbonyl (C=O) groups is 1. The first-order valence-corrected chi connectivity index (χ1v) is 4.43. The molecular weight excluding hydrogens is 178 g/mol. The molecule has 0 saturated carbocycles. The van der Waals surface area contributed by atoms with Crippen LogP contribution < -0.4 is 0 Å². The molecule has 0 amide bonds. The van der Waals surface area contributed by atoms with Crippen LogP contribution in [0.25, 0.3) is 0 Å². The van der Waals surface area contributed by atoms with Gasteiger partial charge < -0.3 is 0 Å². The molecule has 0 spiro atoms. The zero-order valence-electron chi connectivity index (χ0n) is 5.60. The Labute approximate surface area is 67.4 Å². The fourth-order valence-electron chi connectivity index (χ4n) is 0.207. The lowest BCUT2D eigenvalue weighted by atomic mass is 9.97. The smallest absolute Gasteiger partial charge is 0.251 e. The van der Waals surface area contributed by atoms with Gasteiger partial charge in [0.2, 0.25) is 5.12 Å². The molecule has 1 nitrogen and oxygen atoms in total. The molecule has 5 heteroatoms. The molecule has 0 aliphatic heterocycles. The Hall–Kier alpha value is 0.230. The lowest BCUT2D eigenvalue weighted by molar-refractivity contribution is -0.125.